The molecule has 2 aromatic heterocycles. The second-order valence-corrected chi connectivity index (χ2v) is 8.29. The summed E-state index contributed by atoms with van der Waals surface area (Å²) < 4.78 is 10.9. The molecule has 0 atom stereocenters. The molecule has 29 heavy (non-hydrogen) atoms. The quantitative estimate of drug-likeness (QED) is 0.476. The van der Waals surface area contributed by atoms with Crippen LogP contribution in [0.2, 0.25) is 0 Å². The maximum atomic E-state index is 5.50. The Kier molecular flexibility index (Phi) is 3.90. The first kappa shape index (κ1) is 16.8. The normalized spacial score (nSPS) is 14.8. The van der Waals surface area contributed by atoms with Gasteiger partial charge in [0, 0.05) is 22.7 Å². The predicted octanol–water partition coefficient (Wildman–Crippen LogP) is 5.71. The highest BCUT2D eigenvalue weighted by Crippen LogP contribution is 2.40. The topological polar surface area (TPSA) is 56.3 Å². The lowest BCUT2D eigenvalue weighted by molar-refractivity contribution is 0.174. The van der Waals surface area contributed by atoms with Crippen molar-refractivity contribution < 1.29 is 9.47 Å². The number of hydrogen-bond acceptors (Lipinski definition) is 6. The molecule has 2 aromatic carbocycles. The fourth-order valence-electron chi connectivity index (χ4n) is 4.19. The molecule has 4 aromatic rings. The monoisotopic (exact) mass is 401 g/mol. The Balaban J connectivity index is 1.43. The van der Waals surface area contributed by atoms with E-state index in [1.165, 1.54) is 47.9 Å². The zero-order valence-electron chi connectivity index (χ0n) is 15.8. The third-order valence-electron chi connectivity index (χ3n) is 5.67. The number of aryl methyl sites for hydroxylation is 2. The zero-order valence-corrected chi connectivity index (χ0v) is 16.6. The van der Waals surface area contributed by atoms with Gasteiger partial charge in [-0.25, -0.2) is 9.97 Å². The fourth-order valence-corrected chi connectivity index (χ4v) is 5.11. The van der Waals surface area contributed by atoms with Gasteiger partial charge in [-0.1, -0.05) is 18.2 Å². The molecule has 0 bridgehead atoms. The van der Waals surface area contributed by atoms with E-state index in [0.717, 1.165) is 33.2 Å². The minimum absolute atomic E-state index is 0.267. The van der Waals surface area contributed by atoms with Crippen molar-refractivity contribution in [3.63, 3.8) is 0 Å². The molecule has 2 aliphatic rings. The van der Waals surface area contributed by atoms with Crippen LogP contribution in [0.15, 0.2) is 48.1 Å². The molecule has 144 valence electrons. The molecular formula is C23H19N3O2S. The number of benzene rings is 2. The van der Waals surface area contributed by atoms with Gasteiger partial charge >= 0.3 is 0 Å². The van der Waals surface area contributed by atoms with Gasteiger partial charge in [-0.2, -0.15) is 0 Å². The first-order chi connectivity index (χ1) is 14.3. The van der Waals surface area contributed by atoms with Crippen molar-refractivity contribution in [1.29, 1.82) is 0 Å². The summed E-state index contributed by atoms with van der Waals surface area (Å²) in [5.74, 6) is 2.33. The maximum absolute atomic E-state index is 5.50. The summed E-state index contributed by atoms with van der Waals surface area (Å²) in [5, 5.41) is 6.71. The van der Waals surface area contributed by atoms with Crippen LogP contribution in [-0.2, 0) is 12.8 Å². The summed E-state index contributed by atoms with van der Waals surface area (Å²) in [4.78, 5) is 10.0. The number of thiophene rings is 1. The Bertz CT molecular complexity index is 1230. The van der Waals surface area contributed by atoms with Crippen LogP contribution in [0.5, 0.6) is 11.5 Å². The zero-order chi connectivity index (χ0) is 19.2. The van der Waals surface area contributed by atoms with E-state index in [-0.39, 0.29) is 6.79 Å². The van der Waals surface area contributed by atoms with E-state index in [9.17, 15) is 0 Å². The van der Waals surface area contributed by atoms with Gasteiger partial charge < -0.3 is 14.8 Å². The van der Waals surface area contributed by atoms with E-state index in [0.29, 0.717) is 0 Å². The lowest BCUT2D eigenvalue weighted by Gasteiger charge is -2.16. The number of nitrogens with one attached hydrogen (secondary N) is 1. The minimum atomic E-state index is 0.267. The van der Waals surface area contributed by atoms with Crippen LogP contribution in [0.1, 0.15) is 24.0 Å². The highest BCUT2D eigenvalue weighted by Gasteiger charge is 2.17. The molecule has 0 radical (unpaired) electrons. The highest BCUT2D eigenvalue weighted by atomic mass is 32.1. The van der Waals surface area contributed by atoms with E-state index in [1.807, 2.05) is 18.2 Å². The van der Waals surface area contributed by atoms with Gasteiger partial charge in [0.05, 0.1) is 5.39 Å². The van der Waals surface area contributed by atoms with Crippen molar-refractivity contribution in [3.05, 3.63) is 59.2 Å². The summed E-state index contributed by atoms with van der Waals surface area (Å²) in [6.07, 6.45) is 6.56. The lowest BCUT2D eigenvalue weighted by atomic mass is 9.89. The van der Waals surface area contributed by atoms with Crippen molar-refractivity contribution in [3.8, 4) is 22.6 Å². The molecular weight excluding hydrogens is 382 g/mol. The van der Waals surface area contributed by atoms with Crippen LogP contribution >= 0.6 is 11.3 Å². The third kappa shape index (κ3) is 2.91. The Hall–Kier alpha value is -3.12. The van der Waals surface area contributed by atoms with E-state index >= 15 is 0 Å². The number of anilines is 2. The molecule has 1 aliphatic heterocycles. The predicted molar refractivity (Wildman–Crippen MR) is 115 cm³/mol. The number of ether oxygens (including phenoxy) is 2. The summed E-state index contributed by atoms with van der Waals surface area (Å²) in [7, 11) is 0. The smallest absolute Gasteiger partial charge is 0.231 e. The van der Waals surface area contributed by atoms with Gasteiger partial charge in [0.1, 0.15) is 17.0 Å². The molecule has 0 saturated carbocycles. The van der Waals surface area contributed by atoms with Crippen LogP contribution in [0.25, 0.3) is 21.3 Å². The second-order valence-electron chi connectivity index (χ2n) is 7.44. The van der Waals surface area contributed by atoms with E-state index < -0.39 is 0 Å². The molecule has 0 spiro atoms. The maximum Gasteiger partial charge on any atom is 0.231 e. The summed E-state index contributed by atoms with van der Waals surface area (Å²) in [5.41, 5.74) is 6.31. The molecule has 0 saturated heterocycles. The average molecular weight is 401 g/mol. The Labute approximate surface area is 172 Å². The van der Waals surface area contributed by atoms with Crippen LogP contribution in [0, 0.1) is 0 Å². The summed E-state index contributed by atoms with van der Waals surface area (Å²) in [6, 6.07) is 12.7. The van der Waals surface area contributed by atoms with Crippen LogP contribution in [-0.4, -0.2) is 16.8 Å². The van der Waals surface area contributed by atoms with Crippen molar-refractivity contribution in [2.45, 2.75) is 25.7 Å². The van der Waals surface area contributed by atoms with Gasteiger partial charge in [-0.15, -0.1) is 11.3 Å². The number of fused-ring (bicyclic) bond motifs is 3. The number of aromatic nitrogens is 2. The fraction of sp³-hybridized carbons (Fsp3) is 0.217. The standard InChI is InChI=1S/C23H19N3O2S/c1-2-4-15-9-16(6-5-14(15)3-1)18-11-29-23-21(18)22(24-12-25-23)26-17-7-8-19-20(10-17)28-13-27-19/h5-12H,1-4,13H2,(H,24,25,26). The third-order valence-corrected chi connectivity index (χ3v) is 6.55. The highest BCUT2D eigenvalue weighted by molar-refractivity contribution is 7.17. The van der Waals surface area contributed by atoms with Gasteiger partial charge in [0.25, 0.3) is 0 Å². The minimum Gasteiger partial charge on any atom is -0.454 e. The number of nitrogens with zero attached hydrogens (tertiary/aromatic N) is 2. The molecule has 6 rings (SSSR count). The Morgan fingerprint density at radius 1 is 0.897 bits per heavy atom. The van der Waals surface area contributed by atoms with Crippen LogP contribution < -0.4 is 14.8 Å². The Morgan fingerprint density at radius 3 is 2.76 bits per heavy atom. The van der Waals surface area contributed by atoms with Crippen LogP contribution in [0.4, 0.5) is 11.5 Å². The van der Waals surface area contributed by atoms with Gasteiger partial charge in [0.2, 0.25) is 6.79 Å². The Morgan fingerprint density at radius 2 is 1.79 bits per heavy atom. The van der Waals surface area contributed by atoms with E-state index in [4.69, 9.17) is 9.47 Å². The van der Waals surface area contributed by atoms with Gasteiger partial charge in [-0.05, 0) is 54.5 Å². The molecule has 0 amide bonds. The summed E-state index contributed by atoms with van der Waals surface area (Å²) in [6.45, 7) is 0.267. The van der Waals surface area contributed by atoms with E-state index in [2.05, 4.69) is 38.9 Å². The second kappa shape index (κ2) is 6.74. The first-order valence-electron chi connectivity index (χ1n) is 9.86. The molecule has 5 nitrogen and oxygen atoms in total. The van der Waals surface area contributed by atoms with Crippen molar-refractivity contribution in [1.82, 2.24) is 9.97 Å². The number of hydrogen-bond donors (Lipinski definition) is 1. The van der Waals surface area contributed by atoms with Crippen molar-refractivity contribution in [2.75, 3.05) is 12.1 Å². The largest absolute Gasteiger partial charge is 0.454 e. The SMILES string of the molecule is c1nc(Nc2ccc3c(c2)OCO3)c2c(-c3ccc4c(c3)CCCC4)csc2n1. The first-order valence-corrected chi connectivity index (χ1v) is 10.7. The molecule has 3 heterocycles. The number of rotatable bonds is 3. The van der Waals surface area contributed by atoms with Crippen LogP contribution in [0.3, 0.4) is 0 Å². The van der Waals surface area contributed by atoms with Gasteiger partial charge in [-0.3, -0.25) is 0 Å². The molecule has 1 aliphatic carbocycles. The molecule has 6 heteroatoms. The molecule has 0 fully saturated rings. The van der Waals surface area contributed by atoms with Crippen molar-refractivity contribution >= 4 is 33.1 Å². The molecule has 0 unspecified atom stereocenters. The summed E-state index contributed by atoms with van der Waals surface area (Å²) >= 11 is 1.66. The molecule has 1 N–H and O–H groups in total. The lowest BCUT2D eigenvalue weighted by Crippen LogP contribution is -2.02. The average Bonchev–Trinajstić information content (AvgIpc) is 3.40. The van der Waals surface area contributed by atoms with E-state index in [1.54, 1.807) is 17.7 Å². The van der Waals surface area contributed by atoms with Gasteiger partial charge in [0.15, 0.2) is 11.5 Å². The van der Waals surface area contributed by atoms with Crippen molar-refractivity contribution in [2.24, 2.45) is 0 Å².